The summed E-state index contributed by atoms with van der Waals surface area (Å²) in [5.41, 5.74) is 2.47. The van der Waals surface area contributed by atoms with Gasteiger partial charge in [-0.05, 0) is 37.6 Å². The third kappa shape index (κ3) is 4.86. The Bertz CT molecular complexity index is 689. The summed E-state index contributed by atoms with van der Waals surface area (Å²) in [5.74, 6) is 0.0335. The lowest BCUT2D eigenvalue weighted by Crippen LogP contribution is -2.39. The van der Waals surface area contributed by atoms with Gasteiger partial charge in [0.25, 0.3) is 0 Å². The van der Waals surface area contributed by atoms with Gasteiger partial charge in [-0.1, -0.05) is 36.4 Å². The second-order valence-electron chi connectivity index (χ2n) is 5.65. The molecule has 0 radical (unpaired) electrons. The van der Waals surface area contributed by atoms with E-state index in [0.29, 0.717) is 12.1 Å². The summed E-state index contributed by atoms with van der Waals surface area (Å²) in [5, 5.41) is 12.0. The van der Waals surface area contributed by atoms with Crippen LogP contribution in [0.15, 0.2) is 54.6 Å². The minimum atomic E-state index is 0.0335. The third-order valence-electron chi connectivity index (χ3n) is 3.57. The second kappa shape index (κ2) is 8.00. The molecule has 2 aromatic rings. The summed E-state index contributed by atoms with van der Waals surface area (Å²) >= 11 is 0. The molecular weight excluding hydrogens is 286 g/mol. The first-order valence-corrected chi connectivity index (χ1v) is 7.67. The molecule has 0 fully saturated rings. The maximum atomic E-state index is 12.5. The summed E-state index contributed by atoms with van der Waals surface area (Å²) in [6.45, 7) is 4.82. The van der Waals surface area contributed by atoms with E-state index in [2.05, 4.69) is 11.4 Å². The predicted molar refractivity (Wildman–Crippen MR) is 91.8 cm³/mol. The molecule has 0 saturated carbocycles. The normalized spacial score (nSPS) is 10.2. The van der Waals surface area contributed by atoms with Crippen LogP contribution in [0, 0.1) is 11.3 Å². The Labute approximate surface area is 137 Å². The van der Waals surface area contributed by atoms with Crippen LogP contribution in [0.3, 0.4) is 0 Å². The van der Waals surface area contributed by atoms with Gasteiger partial charge in [0.1, 0.15) is 0 Å². The number of nitrogens with one attached hydrogen (secondary N) is 1. The van der Waals surface area contributed by atoms with Crippen molar-refractivity contribution in [3.05, 3.63) is 65.7 Å². The van der Waals surface area contributed by atoms with Gasteiger partial charge >= 0.3 is 0 Å². The van der Waals surface area contributed by atoms with E-state index in [1.165, 1.54) is 0 Å². The Kier molecular flexibility index (Phi) is 5.76. The first-order valence-electron chi connectivity index (χ1n) is 7.67. The molecule has 1 amide bonds. The molecule has 0 aromatic heterocycles. The van der Waals surface area contributed by atoms with E-state index < -0.39 is 0 Å². The molecule has 0 unspecified atom stereocenters. The van der Waals surface area contributed by atoms with Gasteiger partial charge in [0.2, 0.25) is 5.91 Å². The Morgan fingerprint density at radius 3 is 2.57 bits per heavy atom. The van der Waals surface area contributed by atoms with Gasteiger partial charge in [0.05, 0.1) is 18.2 Å². The van der Waals surface area contributed by atoms with Gasteiger partial charge in [-0.25, -0.2) is 0 Å². The van der Waals surface area contributed by atoms with E-state index >= 15 is 0 Å². The zero-order chi connectivity index (χ0) is 16.7. The Morgan fingerprint density at radius 2 is 1.91 bits per heavy atom. The quantitative estimate of drug-likeness (QED) is 0.890. The largest absolute Gasteiger partial charge is 0.376 e. The fourth-order valence-electron chi connectivity index (χ4n) is 2.32. The first-order chi connectivity index (χ1) is 11.1. The van der Waals surface area contributed by atoms with Crippen molar-refractivity contribution in [2.24, 2.45) is 0 Å². The van der Waals surface area contributed by atoms with Crippen LogP contribution in [0.1, 0.15) is 25.0 Å². The number of nitrogens with zero attached hydrogens (tertiary/aromatic N) is 2. The minimum Gasteiger partial charge on any atom is -0.376 e. The summed E-state index contributed by atoms with van der Waals surface area (Å²) in [6, 6.07) is 19.3. The molecule has 0 bridgehead atoms. The van der Waals surface area contributed by atoms with E-state index in [0.717, 1.165) is 11.3 Å². The lowest BCUT2D eigenvalue weighted by molar-refractivity contribution is -0.131. The molecule has 0 aliphatic rings. The molecule has 0 aliphatic carbocycles. The van der Waals surface area contributed by atoms with Crippen molar-refractivity contribution in [1.82, 2.24) is 4.90 Å². The van der Waals surface area contributed by atoms with E-state index in [4.69, 9.17) is 5.26 Å². The van der Waals surface area contributed by atoms with Crippen LogP contribution < -0.4 is 5.32 Å². The van der Waals surface area contributed by atoms with Gasteiger partial charge < -0.3 is 10.2 Å². The molecule has 1 N–H and O–H groups in total. The smallest absolute Gasteiger partial charge is 0.242 e. The second-order valence-corrected chi connectivity index (χ2v) is 5.65. The Hall–Kier alpha value is -2.80. The predicted octanol–water partition coefficient (Wildman–Crippen LogP) is 3.41. The average Bonchev–Trinajstić information content (AvgIpc) is 2.58. The molecule has 0 spiro atoms. The molecule has 2 rings (SSSR count). The Balaban J connectivity index is 1.99. The monoisotopic (exact) mass is 307 g/mol. The van der Waals surface area contributed by atoms with Gasteiger partial charge in [0, 0.05) is 18.3 Å². The summed E-state index contributed by atoms with van der Waals surface area (Å²) in [4.78, 5) is 14.4. The molecule has 118 valence electrons. The van der Waals surface area contributed by atoms with Crippen molar-refractivity contribution in [2.75, 3.05) is 11.9 Å². The van der Waals surface area contributed by atoms with Gasteiger partial charge in [-0.2, -0.15) is 5.26 Å². The highest BCUT2D eigenvalue weighted by Crippen LogP contribution is 2.12. The molecule has 4 heteroatoms. The van der Waals surface area contributed by atoms with Crippen LogP contribution >= 0.6 is 0 Å². The topological polar surface area (TPSA) is 56.1 Å². The number of carbonyl (C=O) groups excluding carboxylic acids is 1. The average molecular weight is 307 g/mol. The van der Waals surface area contributed by atoms with Gasteiger partial charge in [0.15, 0.2) is 0 Å². The van der Waals surface area contributed by atoms with Crippen molar-refractivity contribution in [2.45, 2.75) is 26.4 Å². The molecular formula is C19H21N3O. The number of anilines is 1. The standard InChI is InChI=1S/C19H21N3O/c1-15(2)22(14-16-7-4-3-5-8-16)19(23)13-21-18-10-6-9-17(11-18)12-20/h3-11,15,21H,13-14H2,1-2H3. The summed E-state index contributed by atoms with van der Waals surface area (Å²) < 4.78 is 0. The van der Waals surface area contributed by atoms with Crippen LogP contribution in [-0.2, 0) is 11.3 Å². The van der Waals surface area contributed by atoms with Crippen molar-refractivity contribution in [1.29, 1.82) is 5.26 Å². The molecule has 4 nitrogen and oxygen atoms in total. The van der Waals surface area contributed by atoms with Gasteiger partial charge in [-0.15, -0.1) is 0 Å². The highest BCUT2D eigenvalue weighted by Gasteiger charge is 2.17. The van der Waals surface area contributed by atoms with Crippen LogP contribution in [0.25, 0.3) is 0 Å². The van der Waals surface area contributed by atoms with Crippen LogP contribution in [-0.4, -0.2) is 23.4 Å². The summed E-state index contributed by atoms with van der Waals surface area (Å²) in [6.07, 6.45) is 0. The fraction of sp³-hybridized carbons (Fsp3) is 0.263. The fourth-order valence-corrected chi connectivity index (χ4v) is 2.32. The minimum absolute atomic E-state index is 0.0335. The number of hydrogen-bond acceptors (Lipinski definition) is 3. The van der Waals surface area contributed by atoms with Crippen molar-refractivity contribution < 1.29 is 4.79 Å². The van der Waals surface area contributed by atoms with Crippen LogP contribution in [0.2, 0.25) is 0 Å². The van der Waals surface area contributed by atoms with E-state index in [1.807, 2.05) is 55.1 Å². The Morgan fingerprint density at radius 1 is 1.17 bits per heavy atom. The highest BCUT2D eigenvalue weighted by molar-refractivity contribution is 5.81. The molecule has 0 heterocycles. The summed E-state index contributed by atoms with van der Waals surface area (Å²) in [7, 11) is 0. The highest BCUT2D eigenvalue weighted by atomic mass is 16.2. The van der Waals surface area contributed by atoms with Crippen molar-refractivity contribution >= 4 is 11.6 Å². The lowest BCUT2D eigenvalue weighted by atomic mass is 10.2. The number of nitriles is 1. The van der Waals surface area contributed by atoms with E-state index in [9.17, 15) is 4.79 Å². The maximum Gasteiger partial charge on any atom is 0.242 e. The number of amides is 1. The molecule has 2 aromatic carbocycles. The van der Waals surface area contributed by atoms with Crippen LogP contribution in [0.5, 0.6) is 0 Å². The molecule has 0 aliphatic heterocycles. The molecule has 23 heavy (non-hydrogen) atoms. The van der Waals surface area contributed by atoms with Crippen LogP contribution in [0.4, 0.5) is 5.69 Å². The van der Waals surface area contributed by atoms with E-state index in [1.54, 1.807) is 18.2 Å². The first kappa shape index (κ1) is 16.6. The zero-order valence-corrected chi connectivity index (χ0v) is 13.5. The maximum absolute atomic E-state index is 12.5. The third-order valence-corrected chi connectivity index (χ3v) is 3.57. The lowest BCUT2D eigenvalue weighted by Gasteiger charge is -2.27. The number of benzene rings is 2. The molecule has 0 saturated heterocycles. The molecule has 0 atom stereocenters. The number of carbonyl (C=O) groups is 1. The number of hydrogen-bond donors (Lipinski definition) is 1. The zero-order valence-electron chi connectivity index (χ0n) is 13.5. The van der Waals surface area contributed by atoms with Crippen molar-refractivity contribution in [3.63, 3.8) is 0 Å². The number of rotatable bonds is 6. The van der Waals surface area contributed by atoms with Crippen molar-refractivity contribution in [3.8, 4) is 6.07 Å². The van der Waals surface area contributed by atoms with E-state index in [-0.39, 0.29) is 18.5 Å². The SMILES string of the molecule is CC(C)N(Cc1ccccc1)C(=O)CNc1cccc(C#N)c1. The van der Waals surface area contributed by atoms with Gasteiger partial charge in [-0.3, -0.25) is 4.79 Å².